The summed E-state index contributed by atoms with van der Waals surface area (Å²) in [7, 11) is 0. The van der Waals surface area contributed by atoms with Gasteiger partial charge in [-0.15, -0.1) is 0 Å². The van der Waals surface area contributed by atoms with E-state index in [1.165, 1.54) is 0 Å². The van der Waals surface area contributed by atoms with E-state index in [1.54, 1.807) is 18.5 Å². The van der Waals surface area contributed by atoms with E-state index in [4.69, 9.17) is 0 Å². The van der Waals surface area contributed by atoms with Crippen molar-refractivity contribution < 1.29 is 4.79 Å². The first-order chi connectivity index (χ1) is 7.75. The molecule has 1 heterocycles. The molecule has 2 N–H and O–H groups in total. The third-order valence-electron chi connectivity index (χ3n) is 2.25. The largest absolute Gasteiger partial charge is 0.347 e. The van der Waals surface area contributed by atoms with Gasteiger partial charge in [-0.05, 0) is 19.1 Å². The number of hydrogen-bond donors (Lipinski definition) is 2. The van der Waals surface area contributed by atoms with E-state index in [0.717, 1.165) is 11.4 Å². The normalized spacial score (nSPS) is 10.1. The summed E-state index contributed by atoms with van der Waals surface area (Å²) in [6.45, 7) is 2.38. The summed E-state index contributed by atoms with van der Waals surface area (Å²) in [6, 6.07) is 7.49. The van der Waals surface area contributed by atoms with E-state index in [0.29, 0.717) is 12.1 Å². The maximum atomic E-state index is 11.7. The topological polar surface area (TPSA) is 57.8 Å². The van der Waals surface area contributed by atoms with Gasteiger partial charge in [0, 0.05) is 18.0 Å². The fourth-order valence-electron chi connectivity index (χ4n) is 1.45. The Morgan fingerprint density at radius 3 is 3.06 bits per heavy atom. The molecule has 0 aliphatic rings. The minimum absolute atomic E-state index is 0.0832. The van der Waals surface area contributed by atoms with E-state index in [1.807, 2.05) is 25.1 Å². The van der Waals surface area contributed by atoms with Gasteiger partial charge in [0.1, 0.15) is 5.82 Å². The molecule has 0 aliphatic heterocycles. The number of benzene rings is 1. The molecule has 0 spiro atoms. The second-order valence-corrected chi connectivity index (χ2v) is 3.59. The Kier molecular flexibility index (Phi) is 3.00. The van der Waals surface area contributed by atoms with Gasteiger partial charge in [0.25, 0.3) is 5.91 Å². The second-order valence-electron chi connectivity index (χ2n) is 3.59. The van der Waals surface area contributed by atoms with Crippen LogP contribution in [0.1, 0.15) is 21.7 Å². The zero-order chi connectivity index (χ0) is 11.4. The molecule has 1 aromatic carbocycles. The number of rotatable bonds is 3. The first-order valence-corrected chi connectivity index (χ1v) is 5.09. The van der Waals surface area contributed by atoms with Gasteiger partial charge >= 0.3 is 0 Å². The van der Waals surface area contributed by atoms with Gasteiger partial charge in [-0.1, -0.05) is 17.7 Å². The predicted octanol–water partition coefficient (Wildman–Crippen LogP) is 1.65. The molecule has 0 atom stereocenters. The summed E-state index contributed by atoms with van der Waals surface area (Å²) in [5.74, 6) is 0.668. The molecular weight excluding hydrogens is 202 g/mol. The Morgan fingerprint density at radius 2 is 2.38 bits per heavy atom. The van der Waals surface area contributed by atoms with Crippen LogP contribution in [0.4, 0.5) is 0 Å². The molecule has 4 heteroatoms. The van der Waals surface area contributed by atoms with E-state index in [2.05, 4.69) is 15.3 Å². The average molecular weight is 215 g/mol. The molecule has 0 radical (unpaired) electrons. The van der Waals surface area contributed by atoms with E-state index >= 15 is 0 Å². The maximum Gasteiger partial charge on any atom is 0.251 e. The summed E-state index contributed by atoms with van der Waals surface area (Å²) in [5, 5.41) is 2.80. The van der Waals surface area contributed by atoms with Crippen LogP contribution in [0.2, 0.25) is 0 Å². The molecule has 4 nitrogen and oxygen atoms in total. The molecule has 16 heavy (non-hydrogen) atoms. The molecule has 0 saturated heterocycles. The van der Waals surface area contributed by atoms with Crippen LogP contribution in [0, 0.1) is 6.92 Å². The maximum absolute atomic E-state index is 11.7. The highest BCUT2D eigenvalue weighted by Crippen LogP contribution is 2.03. The number of H-pyrrole nitrogens is 1. The lowest BCUT2D eigenvalue weighted by Crippen LogP contribution is -2.23. The third kappa shape index (κ3) is 2.48. The fourth-order valence-corrected chi connectivity index (χ4v) is 1.45. The van der Waals surface area contributed by atoms with Crippen LogP contribution in [0.3, 0.4) is 0 Å². The highest BCUT2D eigenvalue weighted by atomic mass is 16.1. The first-order valence-electron chi connectivity index (χ1n) is 5.09. The number of imidazole rings is 1. The molecule has 0 bridgehead atoms. The minimum atomic E-state index is -0.0832. The van der Waals surface area contributed by atoms with Crippen molar-refractivity contribution in [2.24, 2.45) is 0 Å². The van der Waals surface area contributed by atoms with Gasteiger partial charge < -0.3 is 10.3 Å². The van der Waals surface area contributed by atoms with Gasteiger partial charge in [-0.25, -0.2) is 4.98 Å². The Hall–Kier alpha value is -2.10. The van der Waals surface area contributed by atoms with Gasteiger partial charge in [0.15, 0.2) is 0 Å². The Balaban J connectivity index is 1.98. The van der Waals surface area contributed by atoms with Crippen LogP contribution in [0.15, 0.2) is 36.7 Å². The predicted molar refractivity (Wildman–Crippen MR) is 60.9 cm³/mol. The van der Waals surface area contributed by atoms with Crippen molar-refractivity contribution in [2.45, 2.75) is 13.5 Å². The van der Waals surface area contributed by atoms with Crippen molar-refractivity contribution >= 4 is 5.91 Å². The van der Waals surface area contributed by atoms with Crippen molar-refractivity contribution in [2.75, 3.05) is 0 Å². The van der Waals surface area contributed by atoms with Crippen LogP contribution >= 0.6 is 0 Å². The molecule has 2 rings (SSSR count). The molecule has 1 amide bonds. The fraction of sp³-hybridized carbons (Fsp3) is 0.167. The van der Waals surface area contributed by atoms with Crippen LogP contribution in [-0.2, 0) is 6.54 Å². The number of carbonyl (C=O) groups excluding carboxylic acids is 1. The van der Waals surface area contributed by atoms with E-state index < -0.39 is 0 Å². The average Bonchev–Trinajstić information content (AvgIpc) is 2.78. The number of nitrogens with one attached hydrogen (secondary N) is 2. The lowest BCUT2D eigenvalue weighted by Gasteiger charge is -2.03. The monoisotopic (exact) mass is 215 g/mol. The minimum Gasteiger partial charge on any atom is -0.347 e. The van der Waals surface area contributed by atoms with Crippen molar-refractivity contribution in [1.29, 1.82) is 0 Å². The second kappa shape index (κ2) is 4.61. The number of hydrogen-bond acceptors (Lipinski definition) is 2. The van der Waals surface area contributed by atoms with Gasteiger partial charge in [-0.3, -0.25) is 4.79 Å². The summed E-state index contributed by atoms with van der Waals surface area (Å²) in [5.41, 5.74) is 1.75. The number of amides is 1. The number of aromatic nitrogens is 2. The summed E-state index contributed by atoms with van der Waals surface area (Å²) in [6.07, 6.45) is 3.39. The smallest absolute Gasteiger partial charge is 0.251 e. The van der Waals surface area contributed by atoms with Crippen LogP contribution < -0.4 is 5.32 Å². The Morgan fingerprint density at radius 1 is 1.50 bits per heavy atom. The molecule has 0 fully saturated rings. The Labute approximate surface area is 93.7 Å². The molecule has 2 aromatic rings. The van der Waals surface area contributed by atoms with Crippen LogP contribution in [-0.4, -0.2) is 15.9 Å². The standard InChI is InChI=1S/C12H13N3O/c1-9-3-2-4-10(7-9)12(16)15-8-11-13-5-6-14-11/h2-7H,8H2,1H3,(H,13,14)(H,15,16). The molecule has 82 valence electrons. The zero-order valence-corrected chi connectivity index (χ0v) is 9.03. The number of carbonyl (C=O) groups is 1. The number of nitrogens with zero attached hydrogens (tertiary/aromatic N) is 1. The summed E-state index contributed by atoms with van der Waals surface area (Å²) >= 11 is 0. The first kappa shape index (κ1) is 10.4. The van der Waals surface area contributed by atoms with Gasteiger partial charge in [0.05, 0.1) is 6.54 Å². The van der Waals surface area contributed by atoms with Crippen LogP contribution in [0.5, 0.6) is 0 Å². The van der Waals surface area contributed by atoms with Crippen molar-refractivity contribution in [1.82, 2.24) is 15.3 Å². The molecular formula is C12H13N3O. The highest BCUT2D eigenvalue weighted by molar-refractivity contribution is 5.94. The summed E-state index contributed by atoms with van der Waals surface area (Å²) < 4.78 is 0. The molecule has 0 saturated carbocycles. The van der Waals surface area contributed by atoms with E-state index in [-0.39, 0.29) is 5.91 Å². The lowest BCUT2D eigenvalue weighted by atomic mass is 10.1. The SMILES string of the molecule is Cc1cccc(C(=O)NCc2ncc[nH]2)c1. The Bertz CT molecular complexity index is 477. The van der Waals surface area contributed by atoms with Gasteiger partial charge in [0.2, 0.25) is 0 Å². The zero-order valence-electron chi connectivity index (χ0n) is 9.03. The molecule has 1 aromatic heterocycles. The molecule has 0 unspecified atom stereocenters. The molecule has 0 aliphatic carbocycles. The van der Waals surface area contributed by atoms with Crippen molar-refractivity contribution in [3.05, 3.63) is 53.6 Å². The van der Waals surface area contributed by atoms with Crippen LogP contribution in [0.25, 0.3) is 0 Å². The van der Waals surface area contributed by atoms with Crippen molar-refractivity contribution in [3.8, 4) is 0 Å². The number of aryl methyl sites for hydroxylation is 1. The van der Waals surface area contributed by atoms with Crippen molar-refractivity contribution in [3.63, 3.8) is 0 Å². The third-order valence-corrected chi connectivity index (χ3v) is 2.25. The van der Waals surface area contributed by atoms with E-state index in [9.17, 15) is 4.79 Å². The lowest BCUT2D eigenvalue weighted by molar-refractivity contribution is 0.0950. The summed E-state index contributed by atoms with van der Waals surface area (Å²) in [4.78, 5) is 18.7. The van der Waals surface area contributed by atoms with Gasteiger partial charge in [-0.2, -0.15) is 0 Å². The number of aromatic amines is 1. The highest BCUT2D eigenvalue weighted by Gasteiger charge is 2.05. The quantitative estimate of drug-likeness (QED) is 0.817.